The molecule has 0 unspecified atom stereocenters. The van der Waals surface area contributed by atoms with Crippen LogP contribution in [0.5, 0.6) is 0 Å². The molecular formula is C22H17F5N5O2S+. The number of hydrogen-bond acceptors (Lipinski definition) is 5. The van der Waals surface area contributed by atoms with Crippen LogP contribution in [0.15, 0.2) is 35.0 Å². The van der Waals surface area contributed by atoms with Crippen LogP contribution in [0.2, 0.25) is 0 Å². The summed E-state index contributed by atoms with van der Waals surface area (Å²) in [7, 11) is -2.52. The van der Waals surface area contributed by atoms with Gasteiger partial charge in [-0.15, -0.1) is 0 Å². The third-order valence-corrected chi connectivity index (χ3v) is 7.18. The Labute approximate surface area is 196 Å². The maximum Gasteiger partial charge on any atom is 0.466 e. The maximum absolute atomic E-state index is 13.8. The monoisotopic (exact) mass is 510 g/mol. The van der Waals surface area contributed by atoms with Gasteiger partial charge in [0.05, 0.1) is 29.2 Å². The van der Waals surface area contributed by atoms with Crippen LogP contribution in [-0.4, -0.2) is 40.8 Å². The lowest BCUT2D eigenvalue weighted by molar-refractivity contribution is -0.262. The molecule has 1 aromatic carbocycles. The highest BCUT2D eigenvalue weighted by Gasteiger charge is 2.66. The summed E-state index contributed by atoms with van der Waals surface area (Å²) in [4.78, 5) is 10.7. The number of allylic oxidation sites excluding steroid dienone is 1. The van der Waals surface area contributed by atoms with Gasteiger partial charge in [-0.2, -0.15) is 27.2 Å². The van der Waals surface area contributed by atoms with Gasteiger partial charge in [0.25, 0.3) is 6.57 Å². The molecule has 182 valence electrons. The van der Waals surface area contributed by atoms with Gasteiger partial charge in [-0.25, -0.2) is 13.4 Å². The van der Waals surface area contributed by atoms with E-state index in [4.69, 9.17) is 11.8 Å². The number of imidazole rings is 1. The number of aromatic nitrogens is 3. The SMILES string of the molecule is C#[N+]/C(=C\c1nc(-c2ncc3cc(C#N)ccc3c2S(=O)(=O)CC)n(C)c1C)C(F)(F)C(F)(F)F. The van der Waals surface area contributed by atoms with Crippen molar-refractivity contribution in [1.29, 1.82) is 5.26 Å². The Morgan fingerprint density at radius 1 is 1.29 bits per heavy atom. The van der Waals surface area contributed by atoms with Crippen LogP contribution in [-0.2, 0) is 16.9 Å². The first-order valence-electron chi connectivity index (χ1n) is 9.86. The van der Waals surface area contributed by atoms with Gasteiger partial charge in [0.1, 0.15) is 10.6 Å². The van der Waals surface area contributed by atoms with Crippen molar-refractivity contribution < 1.29 is 30.4 Å². The molecule has 2 aromatic heterocycles. The quantitative estimate of drug-likeness (QED) is 0.445. The molecule has 35 heavy (non-hydrogen) atoms. The molecule has 0 saturated carbocycles. The molecule has 0 bridgehead atoms. The van der Waals surface area contributed by atoms with E-state index in [2.05, 4.69) is 14.8 Å². The third-order valence-electron chi connectivity index (χ3n) is 5.38. The lowest BCUT2D eigenvalue weighted by Crippen LogP contribution is -2.37. The summed E-state index contributed by atoms with van der Waals surface area (Å²) in [5.74, 6) is -5.76. The molecule has 0 aliphatic heterocycles. The fourth-order valence-corrected chi connectivity index (χ4v) is 4.57. The fraction of sp³-hybridized carbons (Fsp3) is 0.273. The average molecular weight is 510 g/mol. The van der Waals surface area contributed by atoms with Gasteiger partial charge in [-0.3, -0.25) is 4.98 Å². The Bertz CT molecular complexity index is 1560. The van der Waals surface area contributed by atoms with Crippen molar-refractivity contribution in [2.75, 3.05) is 5.75 Å². The van der Waals surface area contributed by atoms with Crippen molar-refractivity contribution in [2.45, 2.75) is 30.8 Å². The molecule has 0 radical (unpaired) electrons. The molecule has 0 amide bonds. The van der Waals surface area contributed by atoms with Crippen molar-refractivity contribution in [3.63, 3.8) is 0 Å². The number of rotatable bonds is 5. The Morgan fingerprint density at radius 3 is 2.49 bits per heavy atom. The molecule has 2 heterocycles. The Morgan fingerprint density at radius 2 is 1.94 bits per heavy atom. The van der Waals surface area contributed by atoms with Crippen molar-refractivity contribution in [2.24, 2.45) is 7.05 Å². The second kappa shape index (κ2) is 8.74. The smallest absolute Gasteiger partial charge is 0.329 e. The molecule has 0 saturated heterocycles. The number of halogens is 5. The predicted molar refractivity (Wildman–Crippen MR) is 118 cm³/mol. The van der Waals surface area contributed by atoms with E-state index in [9.17, 15) is 30.4 Å². The molecule has 7 nitrogen and oxygen atoms in total. The highest BCUT2D eigenvalue weighted by atomic mass is 32.2. The Hall–Kier alpha value is -3.84. The van der Waals surface area contributed by atoms with E-state index in [0.29, 0.717) is 11.5 Å². The Kier molecular flexibility index (Phi) is 6.44. The van der Waals surface area contributed by atoms with Gasteiger partial charge in [0.15, 0.2) is 15.7 Å². The van der Waals surface area contributed by atoms with Crippen LogP contribution >= 0.6 is 0 Å². The molecule has 0 fully saturated rings. The van der Waals surface area contributed by atoms with Gasteiger partial charge in [-0.05, 0) is 23.9 Å². The van der Waals surface area contributed by atoms with Crippen LogP contribution in [0.4, 0.5) is 22.0 Å². The zero-order valence-corrected chi connectivity index (χ0v) is 19.3. The minimum absolute atomic E-state index is 0.0984. The first-order chi connectivity index (χ1) is 16.2. The van der Waals surface area contributed by atoms with E-state index >= 15 is 0 Å². The summed E-state index contributed by atoms with van der Waals surface area (Å²) in [6.45, 7) is 7.62. The first-order valence-corrected chi connectivity index (χ1v) is 11.5. The molecule has 0 spiro atoms. The van der Waals surface area contributed by atoms with Gasteiger partial charge in [0.2, 0.25) is 0 Å². The maximum atomic E-state index is 13.8. The molecule has 0 atom stereocenters. The highest BCUT2D eigenvalue weighted by molar-refractivity contribution is 7.91. The van der Waals surface area contributed by atoms with E-state index in [1.807, 2.05) is 6.07 Å². The lowest BCUT2D eigenvalue weighted by atomic mass is 10.1. The molecule has 3 aromatic rings. The molecule has 0 N–H and O–H groups in total. The zero-order valence-electron chi connectivity index (χ0n) is 18.5. The molecule has 0 aliphatic rings. The number of sulfone groups is 1. The fourth-order valence-electron chi connectivity index (χ4n) is 3.32. The van der Waals surface area contributed by atoms with Crippen molar-refractivity contribution >= 4 is 26.7 Å². The standard InChI is InChI=1S/C22H17F5N5O2S/c1-5-35(33,34)19-15-7-6-13(10-28)8-14(15)11-30-18(19)20-31-16(12(2)32(20)4)9-17(29-3)21(23,24)22(25,26)27/h3,6-9,11H,5H2,1-2,4H3/q+1/b17-9-. The largest absolute Gasteiger partial charge is 0.466 e. The van der Waals surface area contributed by atoms with E-state index in [0.717, 1.165) is 0 Å². The molecule has 3 rings (SSSR count). The summed E-state index contributed by atoms with van der Waals surface area (Å²) >= 11 is 0. The first kappa shape index (κ1) is 25.8. The van der Waals surface area contributed by atoms with Crippen molar-refractivity contribution in [3.8, 4) is 24.2 Å². The zero-order chi connectivity index (χ0) is 26.3. The summed E-state index contributed by atoms with van der Waals surface area (Å²) in [6, 6.07) is 6.26. The van der Waals surface area contributed by atoms with Crippen LogP contribution < -0.4 is 0 Å². The summed E-state index contributed by atoms with van der Waals surface area (Å²) in [6.07, 6.45) is -4.24. The summed E-state index contributed by atoms with van der Waals surface area (Å²) < 4.78 is 93.5. The number of fused-ring (bicyclic) bond motifs is 1. The number of nitrogens with zero attached hydrogens (tertiary/aromatic N) is 5. The van der Waals surface area contributed by atoms with Crippen molar-refractivity contribution in [1.82, 2.24) is 14.5 Å². The lowest BCUT2D eigenvalue weighted by Gasteiger charge is -2.13. The van der Waals surface area contributed by atoms with Gasteiger partial charge in [-0.1, -0.05) is 13.0 Å². The van der Waals surface area contributed by atoms with Crippen molar-refractivity contribution in [3.05, 3.63) is 51.9 Å². The molecule has 0 aliphatic carbocycles. The van der Waals surface area contributed by atoms with E-state index in [-0.39, 0.29) is 44.5 Å². The highest BCUT2D eigenvalue weighted by Crippen LogP contribution is 2.42. The normalized spacial score (nSPS) is 13.0. The Balaban J connectivity index is 2.34. The molecular weight excluding hydrogens is 493 g/mol. The van der Waals surface area contributed by atoms with E-state index in [1.54, 1.807) is 0 Å². The van der Waals surface area contributed by atoms with Crippen LogP contribution in [0.1, 0.15) is 23.9 Å². The second-order valence-electron chi connectivity index (χ2n) is 7.45. The summed E-state index contributed by atoms with van der Waals surface area (Å²) in [5.41, 5.74) is -1.84. The number of benzene rings is 1. The third kappa shape index (κ3) is 4.35. The summed E-state index contributed by atoms with van der Waals surface area (Å²) in [5, 5.41) is 9.73. The second-order valence-corrected chi connectivity index (χ2v) is 9.66. The average Bonchev–Trinajstić information content (AvgIpc) is 3.08. The minimum atomic E-state index is -5.95. The molecule has 13 heteroatoms. The number of pyridine rings is 1. The van der Waals surface area contributed by atoms with E-state index < -0.39 is 27.6 Å². The number of hydrogen-bond donors (Lipinski definition) is 0. The number of nitriles is 1. The van der Waals surface area contributed by atoms with Gasteiger partial charge in [0, 0.05) is 29.7 Å². The topological polar surface area (TPSA) is 93.0 Å². The van der Waals surface area contributed by atoms with Gasteiger partial charge >= 0.3 is 17.8 Å². The van der Waals surface area contributed by atoms with E-state index in [1.165, 1.54) is 49.9 Å². The predicted octanol–water partition coefficient (Wildman–Crippen LogP) is 5.11. The van der Waals surface area contributed by atoms with Crippen LogP contribution in [0.25, 0.3) is 33.2 Å². The van der Waals surface area contributed by atoms with Crippen LogP contribution in [0.3, 0.4) is 0 Å². The van der Waals surface area contributed by atoms with Crippen LogP contribution in [0, 0.1) is 24.8 Å². The van der Waals surface area contributed by atoms with Gasteiger partial charge < -0.3 is 4.57 Å². The minimum Gasteiger partial charge on any atom is -0.329 e. The number of alkyl halides is 5.